The predicted octanol–water partition coefficient (Wildman–Crippen LogP) is 3.12. The number of nitrogens with zero attached hydrogens (tertiary/aromatic N) is 2. The summed E-state index contributed by atoms with van der Waals surface area (Å²) in [4.78, 5) is 4.66. The monoisotopic (exact) mass is 231 g/mol. The number of anilines is 1. The normalized spacial score (nSPS) is 12.3. The molecule has 0 fully saturated rings. The summed E-state index contributed by atoms with van der Waals surface area (Å²) in [7, 11) is 0. The molecule has 0 radical (unpaired) electrons. The summed E-state index contributed by atoms with van der Waals surface area (Å²) in [6, 6.07) is 4.21. The molecule has 2 aromatic rings. The Kier molecular flexibility index (Phi) is 2.64. The van der Waals surface area contributed by atoms with Crippen molar-refractivity contribution in [1.82, 2.24) is 9.38 Å². The number of nitrogens with two attached hydrogens (primary N) is 1. The molecule has 0 aliphatic rings. The van der Waals surface area contributed by atoms with E-state index >= 15 is 0 Å². The van der Waals surface area contributed by atoms with Crippen LogP contribution in [0, 0.1) is 19.3 Å². The van der Waals surface area contributed by atoms with E-state index in [0.717, 1.165) is 29.3 Å². The van der Waals surface area contributed by atoms with E-state index in [0.29, 0.717) is 0 Å². The highest BCUT2D eigenvalue weighted by molar-refractivity contribution is 5.55. The van der Waals surface area contributed by atoms with Gasteiger partial charge in [-0.1, -0.05) is 20.8 Å². The quantitative estimate of drug-likeness (QED) is 0.819. The van der Waals surface area contributed by atoms with Crippen molar-refractivity contribution in [3.63, 3.8) is 0 Å². The van der Waals surface area contributed by atoms with Gasteiger partial charge in [-0.25, -0.2) is 4.98 Å². The van der Waals surface area contributed by atoms with Crippen LogP contribution < -0.4 is 5.73 Å². The van der Waals surface area contributed by atoms with Crippen LogP contribution in [0.1, 0.15) is 37.7 Å². The number of aromatic nitrogens is 2. The van der Waals surface area contributed by atoms with Crippen molar-refractivity contribution in [3.8, 4) is 0 Å². The lowest BCUT2D eigenvalue weighted by atomic mass is 9.90. The minimum Gasteiger partial charge on any atom is -0.383 e. The summed E-state index contributed by atoms with van der Waals surface area (Å²) in [6.45, 7) is 10.8. The van der Waals surface area contributed by atoms with Gasteiger partial charge in [0.2, 0.25) is 0 Å². The summed E-state index contributed by atoms with van der Waals surface area (Å²) in [5.74, 6) is 0.785. The van der Waals surface area contributed by atoms with Crippen LogP contribution in [-0.2, 0) is 6.42 Å². The molecule has 0 amide bonds. The lowest BCUT2D eigenvalue weighted by Crippen LogP contribution is -2.11. The molecule has 2 heterocycles. The van der Waals surface area contributed by atoms with Crippen LogP contribution in [0.25, 0.3) is 5.65 Å². The Morgan fingerprint density at radius 3 is 2.47 bits per heavy atom. The van der Waals surface area contributed by atoms with Gasteiger partial charge in [0.05, 0.1) is 5.69 Å². The fourth-order valence-corrected chi connectivity index (χ4v) is 2.24. The molecule has 0 unspecified atom stereocenters. The molecule has 2 rings (SSSR count). The van der Waals surface area contributed by atoms with Crippen LogP contribution in [-0.4, -0.2) is 9.38 Å². The molecular weight excluding hydrogens is 210 g/mol. The molecule has 0 aliphatic carbocycles. The van der Waals surface area contributed by atoms with Gasteiger partial charge in [-0.05, 0) is 43.4 Å². The lowest BCUT2D eigenvalue weighted by Gasteiger charge is -2.16. The molecule has 0 aliphatic heterocycles. The van der Waals surface area contributed by atoms with Gasteiger partial charge in [-0.15, -0.1) is 0 Å². The van der Waals surface area contributed by atoms with Gasteiger partial charge in [-0.2, -0.15) is 0 Å². The minimum absolute atomic E-state index is 0.203. The second-order valence-electron chi connectivity index (χ2n) is 6.05. The summed E-state index contributed by atoms with van der Waals surface area (Å²) in [5, 5.41) is 0. The number of nitrogen functional groups attached to an aromatic ring is 1. The molecule has 0 spiro atoms. The van der Waals surface area contributed by atoms with Crippen LogP contribution in [0.5, 0.6) is 0 Å². The average molecular weight is 231 g/mol. The third-order valence-electron chi connectivity index (χ3n) is 2.86. The Labute approximate surface area is 103 Å². The summed E-state index contributed by atoms with van der Waals surface area (Å²) in [6.07, 6.45) is 0.902. The summed E-state index contributed by atoms with van der Waals surface area (Å²) >= 11 is 0. The van der Waals surface area contributed by atoms with Crippen molar-refractivity contribution in [2.24, 2.45) is 5.41 Å². The molecule has 3 heteroatoms. The van der Waals surface area contributed by atoms with E-state index in [1.165, 1.54) is 5.56 Å². The van der Waals surface area contributed by atoms with E-state index in [2.05, 4.69) is 51.7 Å². The molecule has 0 aromatic carbocycles. The summed E-state index contributed by atoms with van der Waals surface area (Å²) < 4.78 is 2.04. The molecule has 3 nitrogen and oxygen atoms in total. The molecule has 0 saturated carbocycles. The molecule has 92 valence electrons. The molecule has 17 heavy (non-hydrogen) atoms. The SMILES string of the molecule is Cc1cc(C)n2c(N)c(CC(C)(C)C)nc2c1. The average Bonchev–Trinajstić information content (AvgIpc) is 2.39. The maximum absolute atomic E-state index is 6.20. The molecule has 2 N–H and O–H groups in total. The first kappa shape index (κ1) is 12.0. The highest BCUT2D eigenvalue weighted by Crippen LogP contribution is 2.26. The first-order valence-corrected chi connectivity index (χ1v) is 6.02. The van der Waals surface area contributed by atoms with Crippen molar-refractivity contribution in [2.75, 3.05) is 5.73 Å². The molecule has 0 saturated heterocycles. The third kappa shape index (κ3) is 2.28. The summed E-state index contributed by atoms with van der Waals surface area (Å²) in [5.41, 5.74) is 10.7. The maximum atomic E-state index is 6.20. The number of hydrogen-bond donors (Lipinski definition) is 1. The zero-order valence-electron chi connectivity index (χ0n) is 11.3. The number of imidazole rings is 1. The van der Waals surface area contributed by atoms with Crippen LogP contribution in [0.3, 0.4) is 0 Å². The number of fused-ring (bicyclic) bond motifs is 1. The Hall–Kier alpha value is -1.51. The van der Waals surface area contributed by atoms with E-state index in [-0.39, 0.29) is 5.41 Å². The van der Waals surface area contributed by atoms with E-state index < -0.39 is 0 Å². The number of rotatable bonds is 1. The Morgan fingerprint density at radius 2 is 1.88 bits per heavy atom. The molecular formula is C14H21N3. The lowest BCUT2D eigenvalue weighted by molar-refractivity contribution is 0.408. The van der Waals surface area contributed by atoms with Crippen molar-refractivity contribution in [3.05, 3.63) is 29.1 Å². The van der Waals surface area contributed by atoms with E-state index in [1.807, 2.05) is 4.40 Å². The highest BCUT2D eigenvalue weighted by Gasteiger charge is 2.18. The first-order valence-electron chi connectivity index (χ1n) is 6.02. The van der Waals surface area contributed by atoms with Crippen molar-refractivity contribution < 1.29 is 0 Å². The fraction of sp³-hybridized carbons (Fsp3) is 0.500. The van der Waals surface area contributed by atoms with Crippen LogP contribution in [0.15, 0.2) is 12.1 Å². The van der Waals surface area contributed by atoms with Crippen molar-refractivity contribution >= 4 is 11.5 Å². The molecule has 0 atom stereocenters. The van der Waals surface area contributed by atoms with E-state index in [1.54, 1.807) is 0 Å². The zero-order valence-corrected chi connectivity index (χ0v) is 11.3. The maximum Gasteiger partial charge on any atom is 0.139 e. The Balaban J connectivity index is 2.61. The van der Waals surface area contributed by atoms with Crippen molar-refractivity contribution in [1.29, 1.82) is 0 Å². The second-order valence-corrected chi connectivity index (χ2v) is 6.05. The molecule has 0 bridgehead atoms. The number of hydrogen-bond acceptors (Lipinski definition) is 2. The first-order chi connectivity index (χ1) is 7.78. The van der Waals surface area contributed by atoms with Crippen LogP contribution >= 0.6 is 0 Å². The van der Waals surface area contributed by atoms with Gasteiger partial charge in [0, 0.05) is 5.69 Å². The Bertz CT molecular complexity index is 559. The van der Waals surface area contributed by atoms with Crippen molar-refractivity contribution in [2.45, 2.75) is 41.0 Å². The second kappa shape index (κ2) is 3.76. The predicted molar refractivity (Wildman–Crippen MR) is 72.2 cm³/mol. The largest absolute Gasteiger partial charge is 0.383 e. The third-order valence-corrected chi connectivity index (χ3v) is 2.86. The van der Waals surface area contributed by atoms with E-state index in [9.17, 15) is 0 Å². The number of aryl methyl sites for hydroxylation is 2. The zero-order chi connectivity index (χ0) is 12.8. The molecule has 2 aromatic heterocycles. The van der Waals surface area contributed by atoms with Gasteiger partial charge in [0.25, 0.3) is 0 Å². The van der Waals surface area contributed by atoms with Gasteiger partial charge in [0.1, 0.15) is 11.5 Å². The smallest absolute Gasteiger partial charge is 0.139 e. The van der Waals surface area contributed by atoms with E-state index in [4.69, 9.17) is 5.73 Å². The Morgan fingerprint density at radius 1 is 1.24 bits per heavy atom. The van der Waals surface area contributed by atoms with Gasteiger partial charge < -0.3 is 5.73 Å². The van der Waals surface area contributed by atoms with Gasteiger partial charge in [0.15, 0.2) is 0 Å². The van der Waals surface area contributed by atoms with Gasteiger partial charge in [-0.3, -0.25) is 4.40 Å². The fourth-order valence-electron chi connectivity index (χ4n) is 2.24. The minimum atomic E-state index is 0.203. The van der Waals surface area contributed by atoms with Gasteiger partial charge >= 0.3 is 0 Å². The van der Waals surface area contributed by atoms with Crippen LogP contribution in [0.4, 0.5) is 5.82 Å². The highest BCUT2D eigenvalue weighted by atomic mass is 15.1. The standard InChI is InChI=1S/C14H21N3/c1-9-6-10(2)17-12(7-9)16-11(13(17)15)8-14(3,4)5/h6-7H,8,15H2,1-5H3. The van der Waals surface area contributed by atoms with Crippen LogP contribution in [0.2, 0.25) is 0 Å². The topological polar surface area (TPSA) is 43.3 Å². The number of pyridine rings is 1.